The lowest BCUT2D eigenvalue weighted by atomic mass is 10.1. The van der Waals surface area contributed by atoms with Crippen LogP contribution in [0.25, 0.3) is 11.3 Å². The first-order valence-electron chi connectivity index (χ1n) is 10.6. The van der Waals surface area contributed by atoms with Crippen molar-refractivity contribution in [1.82, 2.24) is 10.3 Å². The summed E-state index contributed by atoms with van der Waals surface area (Å²) in [5.41, 5.74) is 4.51. The average molecular weight is 536 g/mol. The van der Waals surface area contributed by atoms with Gasteiger partial charge < -0.3 is 15.3 Å². The van der Waals surface area contributed by atoms with Crippen molar-refractivity contribution in [2.24, 2.45) is 0 Å². The number of nitrogens with zero attached hydrogens (tertiary/aromatic N) is 2. The van der Waals surface area contributed by atoms with Gasteiger partial charge in [-0.1, -0.05) is 58.4 Å². The van der Waals surface area contributed by atoms with Crippen molar-refractivity contribution in [3.8, 4) is 11.3 Å². The molecule has 0 unspecified atom stereocenters. The molecule has 0 aliphatic carbocycles. The third-order valence-corrected chi connectivity index (χ3v) is 6.50. The van der Waals surface area contributed by atoms with Crippen LogP contribution in [-0.2, 0) is 11.3 Å². The van der Waals surface area contributed by atoms with Crippen molar-refractivity contribution in [2.75, 3.05) is 11.4 Å². The maximum absolute atomic E-state index is 12.2. The van der Waals surface area contributed by atoms with Gasteiger partial charge in [0.2, 0.25) is 0 Å². The second kappa shape index (κ2) is 11.1. The van der Waals surface area contributed by atoms with Crippen LogP contribution in [0.5, 0.6) is 0 Å². The van der Waals surface area contributed by atoms with Crippen LogP contribution in [0.3, 0.4) is 0 Å². The van der Waals surface area contributed by atoms with Crippen molar-refractivity contribution in [3.05, 3.63) is 99.8 Å². The summed E-state index contributed by atoms with van der Waals surface area (Å²) in [6.07, 6.45) is -0.106. The first-order valence-corrected chi connectivity index (χ1v) is 12.3. The zero-order valence-electron chi connectivity index (χ0n) is 18.1. The van der Waals surface area contributed by atoms with Crippen LogP contribution in [0.15, 0.2) is 88.7 Å². The van der Waals surface area contributed by atoms with Gasteiger partial charge in [0.15, 0.2) is 5.13 Å². The number of hydrogen-bond donors (Lipinski definition) is 2. The lowest BCUT2D eigenvalue weighted by Crippen LogP contribution is -2.26. The monoisotopic (exact) mass is 535 g/mol. The summed E-state index contributed by atoms with van der Waals surface area (Å²) in [5.74, 6) is -1.23. The van der Waals surface area contributed by atoms with Crippen LogP contribution >= 0.6 is 27.3 Å². The molecule has 4 aromatic rings. The standard InChI is InChI=1S/C26H22BrN3O3S/c27-21-10-12-22(13-11-21)30(26-29-23(17-34-26)19-4-2-1-3-5-19)16-18-6-8-20(9-7-18)25(33)28-15-14-24(31)32/h1-13,17H,14-16H2,(H,28,33)(H,31,32). The number of halogens is 1. The Morgan fingerprint density at radius 2 is 1.68 bits per heavy atom. The summed E-state index contributed by atoms with van der Waals surface area (Å²) in [6, 6.07) is 25.5. The van der Waals surface area contributed by atoms with E-state index in [4.69, 9.17) is 10.1 Å². The van der Waals surface area contributed by atoms with Gasteiger partial charge in [0, 0.05) is 33.2 Å². The Bertz CT molecular complexity index is 1260. The van der Waals surface area contributed by atoms with Gasteiger partial charge >= 0.3 is 5.97 Å². The largest absolute Gasteiger partial charge is 0.481 e. The molecular formula is C26H22BrN3O3S. The lowest BCUT2D eigenvalue weighted by molar-refractivity contribution is -0.136. The molecule has 1 amide bonds. The number of thiazole rings is 1. The summed E-state index contributed by atoms with van der Waals surface area (Å²) in [6.45, 7) is 0.672. The van der Waals surface area contributed by atoms with Crippen molar-refractivity contribution in [2.45, 2.75) is 13.0 Å². The molecule has 4 rings (SSSR count). The molecule has 0 aliphatic rings. The van der Waals surface area contributed by atoms with Gasteiger partial charge in [0.25, 0.3) is 5.91 Å². The highest BCUT2D eigenvalue weighted by molar-refractivity contribution is 9.10. The molecular weight excluding hydrogens is 514 g/mol. The van der Waals surface area contributed by atoms with Crippen LogP contribution in [-0.4, -0.2) is 28.5 Å². The Hall–Kier alpha value is -3.49. The summed E-state index contributed by atoms with van der Waals surface area (Å²) >= 11 is 5.08. The smallest absolute Gasteiger partial charge is 0.305 e. The van der Waals surface area contributed by atoms with E-state index in [9.17, 15) is 9.59 Å². The number of anilines is 2. The molecule has 3 aromatic carbocycles. The predicted octanol–water partition coefficient (Wildman–Crippen LogP) is 6.12. The van der Waals surface area contributed by atoms with Gasteiger partial charge in [0.1, 0.15) is 0 Å². The molecule has 0 spiro atoms. The minimum atomic E-state index is -0.943. The number of carbonyl (C=O) groups excluding carboxylic acids is 1. The maximum Gasteiger partial charge on any atom is 0.305 e. The number of aromatic nitrogens is 1. The quantitative estimate of drug-likeness (QED) is 0.270. The van der Waals surface area contributed by atoms with E-state index in [1.807, 2.05) is 66.7 Å². The highest BCUT2D eigenvalue weighted by Gasteiger charge is 2.16. The molecule has 0 aliphatic heterocycles. The molecule has 0 fully saturated rings. The SMILES string of the molecule is O=C(O)CCNC(=O)c1ccc(CN(c2ccc(Br)cc2)c2nc(-c3ccccc3)cs2)cc1. The molecule has 1 heterocycles. The van der Waals surface area contributed by atoms with E-state index >= 15 is 0 Å². The third kappa shape index (κ3) is 6.09. The highest BCUT2D eigenvalue weighted by Crippen LogP contribution is 2.34. The molecule has 0 bridgehead atoms. The van der Waals surface area contributed by atoms with Crippen LogP contribution in [0, 0.1) is 0 Å². The van der Waals surface area contributed by atoms with E-state index in [-0.39, 0.29) is 18.9 Å². The molecule has 1 aromatic heterocycles. The first kappa shape index (κ1) is 23.7. The molecule has 0 atom stereocenters. The summed E-state index contributed by atoms with van der Waals surface area (Å²) in [5, 5.41) is 14.3. The van der Waals surface area contributed by atoms with Crippen LogP contribution < -0.4 is 10.2 Å². The number of hydrogen-bond acceptors (Lipinski definition) is 5. The van der Waals surface area contributed by atoms with Crippen molar-refractivity contribution < 1.29 is 14.7 Å². The molecule has 172 valence electrons. The summed E-state index contributed by atoms with van der Waals surface area (Å²) < 4.78 is 0.999. The number of rotatable bonds is 9. The van der Waals surface area contributed by atoms with Gasteiger partial charge in [-0.15, -0.1) is 11.3 Å². The van der Waals surface area contributed by atoms with Crippen molar-refractivity contribution >= 4 is 50.0 Å². The van der Waals surface area contributed by atoms with E-state index < -0.39 is 5.97 Å². The Kier molecular flexibility index (Phi) is 7.72. The Balaban J connectivity index is 1.55. The van der Waals surface area contributed by atoms with Gasteiger partial charge in [-0.05, 0) is 42.0 Å². The number of aliphatic carboxylic acids is 1. The van der Waals surface area contributed by atoms with Gasteiger partial charge in [-0.3, -0.25) is 9.59 Å². The van der Waals surface area contributed by atoms with Crippen LogP contribution in [0.2, 0.25) is 0 Å². The van der Waals surface area contributed by atoms with E-state index in [1.165, 1.54) is 0 Å². The second-order valence-corrected chi connectivity index (χ2v) is 9.29. The first-order chi connectivity index (χ1) is 16.5. The number of carboxylic acids is 1. The predicted molar refractivity (Wildman–Crippen MR) is 139 cm³/mol. The van der Waals surface area contributed by atoms with E-state index in [0.717, 1.165) is 32.1 Å². The van der Waals surface area contributed by atoms with E-state index in [0.29, 0.717) is 12.1 Å². The van der Waals surface area contributed by atoms with Crippen molar-refractivity contribution in [1.29, 1.82) is 0 Å². The van der Waals surface area contributed by atoms with Gasteiger partial charge in [-0.2, -0.15) is 0 Å². The molecule has 0 saturated heterocycles. The summed E-state index contributed by atoms with van der Waals surface area (Å²) in [4.78, 5) is 29.9. The lowest BCUT2D eigenvalue weighted by Gasteiger charge is -2.22. The number of carboxylic acid groups (broad SMARTS) is 1. The molecule has 0 saturated carbocycles. The number of carbonyl (C=O) groups is 2. The zero-order valence-corrected chi connectivity index (χ0v) is 20.6. The molecule has 34 heavy (non-hydrogen) atoms. The highest BCUT2D eigenvalue weighted by atomic mass is 79.9. The fourth-order valence-corrected chi connectivity index (χ4v) is 4.47. The number of nitrogens with one attached hydrogen (secondary N) is 1. The van der Waals surface area contributed by atoms with Gasteiger partial charge in [0.05, 0.1) is 18.7 Å². The van der Waals surface area contributed by atoms with E-state index in [1.54, 1.807) is 23.5 Å². The zero-order chi connectivity index (χ0) is 23.9. The Morgan fingerprint density at radius 1 is 0.971 bits per heavy atom. The minimum Gasteiger partial charge on any atom is -0.481 e. The number of benzene rings is 3. The van der Waals surface area contributed by atoms with Crippen LogP contribution in [0.4, 0.5) is 10.8 Å². The van der Waals surface area contributed by atoms with Gasteiger partial charge in [-0.25, -0.2) is 4.98 Å². The molecule has 0 radical (unpaired) electrons. The molecule has 6 nitrogen and oxygen atoms in total. The minimum absolute atomic E-state index is 0.0983. The third-order valence-electron chi connectivity index (χ3n) is 5.11. The average Bonchev–Trinajstić information content (AvgIpc) is 3.34. The summed E-state index contributed by atoms with van der Waals surface area (Å²) in [7, 11) is 0. The van der Waals surface area contributed by atoms with E-state index in [2.05, 4.69) is 31.5 Å². The van der Waals surface area contributed by atoms with Crippen molar-refractivity contribution in [3.63, 3.8) is 0 Å². The fraction of sp³-hybridized carbons (Fsp3) is 0.115. The Labute approximate surface area is 210 Å². The maximum atomic E-state index is 12.2. The van der Waals surface area contributed by atoms with Crippen LogP contribution in [0.1, 0.15) is 22.3 Å². The molecule has 8 heteroatoms. The Morgan fingerprint density at radius 3 is 2.35 bits per heavy atom. The molecule has 2 N–H and O–H groups in total. The normalized spacial score (nSPS) is 10.6. The topological polar surface area (TPSA) is 82.5 Å². The number of amides is 1. The second-order valence-electron chi connectivity index (χ2n) is 7.54. The fourth-order valence-electron chi connectivity index (χ4n) is 3.35.